The predicted molar refractivity (Wildman–Crippen MR) is 102 cm³/mol. The highest BCUT2D eigenvalue weighted by molar-refractivity contribution is 6.00. The van der Waals surface area contributed by atoms with Crippen molar-refractivity contribution in [1.29, 1.82) is 0 Å². The topological polar surface area (TPSA) is 72.5 Å². The number of nitrogens with one attached hydrogen (secondary N) is 1. The first kappa shape index (κ1) is 19.7. The molecule has 0 bridgehead atoms. The summed E-state index contributed by atoms with van der Waals surface area (Å²) in [6.07, 6.45) is -0.153. The Morgan fingerprint density at radius 3 is 2.43 bits per heavy atom. The van der Waals surface area contributed by atoms with Crippen molar-refractivity contribution in [3.8, 4) is 0 Å². The van der Waals surface area contributed by atoms with Crippen molar-refractivity contribution in [2.75, 3.05) is 0 Å². The maximum absolute atomic E-state index is 13.3. The molecule has 0 spiro atoms. The highest BCUT2D eigenvalue weighted by atomic mass is 19.1. The first-order valence-electron chi connectivity index (χ1n) is 9.13. The Balaban J connectivity index is 1.50. The standard InChI is InChI=1S/C22H22FNO4/c1-22(2,13-19(25)14-7-4-3-5-8-14)28-21(27)24-18-12-17(18)20(26)15-9-6-10-16(23)11-15/h3-11,17-18H,12-13H2,1-2H3,(H,24,27). The van der Waals surface area contributed by atoms with Gasteiger partial charge in [0.2, 0.25) is 0 Å². The summed E-state index contributed by atoms with van der Waals surface area (Å²) in [5.74, 6) is -1.18. The van der Waals surface area contributed by atoms with E-state index in [1.807, 2.05) is 6.07 Å². The predicted octanol–water partition coefficient (Wildman–Crippen LogP) is 4.17. The molecule has 1 aliphatic rings. The first-order valence-corrected chi connectivity index (χ1v) is 9.13. The zero-order chi connectivity index (χ0) is 20.3. The number of benzene rings is 2. The average Bonchev–Trinajstić information content (AvgIpc) is 3.39. The van der Waals surface area contributed by atoms with Gasteiger partial charge >= 0.3 is 6.09 Å². The van der Waals surface area contributed by atoms with E-state index in [0.29, 0.717) is 12.0 Å². The third-order valence-corrected chi connectivity index (χ3v) is 4.59. The Labute approximate surface area is 162 Å². The van der Waals surface area contributed by atoms with Crippen molar-refractivity contribution in [2.24, 2.45) is 5.92 Å². The number of hydrogen-bond acceptors (Lipinski definition) is 4. The summed E-state index contributed by atoms with van der Waals surface area (Å²) in [6.45, 7) is 3.32. The number of ketones is 2. The van der Waals surface area contributed by atoms with Crippen LogP contribution in [0.2, 0.25) is 0 Å². The lowest BCUT2D eigenvalue weighted by molar-refractivity contribution is 0.0320. The van der Waals surface area contributed by atoms with E-state index < -0.39 is 17.5 Å². The van der Waals surface area contributed by atoms with Gasteiger partial charge < -0.3 is 10.1 Å². The SMILES string of the molecule is CC(C)(CC(=O)c1ccccc1)OC(=O)NC1CC1C(=O)c1cccc(F)c1. The molecule has 1 aliphatic carbocycles. The second-order valence-electron chi connectivity index (χ2n) is 7.58. The van der Waals surface area contributed by atoms with Crippen LogP contribution < -0.4 is 5.32 Å². The summed E-state index contributed by atoms with van der Waals surface area (Å²) < 4.78 is 18.7. The molecule has 1 N–H and O–H groups in total. The van der Waals surface area contributed by atoms with E-state index in [2.05, 4.69) is 5.32 Å². The van der Waals surface area contributed by atoms with Crippen molar-refractivity contribution >= 4 is 17.7 Å². The third kappa shape index (κ3) is 5.03. The van der Waals surface area contributed by atoms with Crippen LogP contribution in [0.25, 0.3) is 0 Å². The molecule has 2 aromatic rings. The number of Topliss-reactive ketones (excluding diaryl/α,β-unsaturated/α-hetero) is 2. The quantitative estimate of drug-likeness (QED) is 0.728. The molecule has 28 heavy (non-hydrogen) atoms. The molecule has 2 atom stereocenters. The molecule has 5 nitrogen and oxygen atoms in total. The number of halogens is 1. The lowest BCUT2D eigenvalue weighted by Gasteiger charge is -2.24. The van der Waals surface area contributed by atoms with Gasteiger partial charge in [-0.25, -0.2) is 9.18 Å². The molecule has 0 heterocycles. The largest absolute Gasteiger partial charge is 0.443 e. The normalized spacial score (nSPS) is 18.2. The Bertz CT molecular complexity index is 894. The Morgan fingerprint density at radius 2 is 1.75 bits per heavy atom. The van der Waals surface area contributed by atoms with E-state index in [-0.39, 0.29) is 35.5 Å². The van der Waals surface area contributed by atoms with E-state index in [4.69, 9.17) is 4.74 Å². The van der Waals surface area contributed by atoms with Gasteiger partial charge in [0.15, 0.2) is 11.6 Å². The molecule has 0 aliphatic heterocycles. The van der Waals surface area contributed by atoms with Crippen LogP contribution in [0.1, 0.15) is 47.4 Å². The van der Waals surface area contributed by atoms with Crippen LogP contribution in [-0.4, -0.2) is 29.3 Å². The second kappa shape index (κ2) is 7.92. The molecule has 1 amide bonds. The maximum atomic E-state index is 13.3. The highest BCUT2D eigenvalue weighted by Crippen LogP contribution is 2.34. The lowest BCUT2D eigenvalue weighted by Crippen LogP contribution is -2.38. The summed E-state index contributed by atoms with van der Waals surface area (Å²) in [6, 6.07) is 14.0. The number of hydrogen-bond donors (Lipinski definition) is 1. The second-order valence-corrected chi connectivity index (χ2v) is 7.58. The molecule has 6 heteroatoms. The van der Waals surface area contributed by atoms with E-state index in [0.717, 1.165) is 0 Å². The minimum absolute atomic E-state index is 0.0424. The molecular formula is C22H22FNO4. The summed E-state index contributed by atoms with van der Waals surface area (Å²) in [5.41, 5.74) is -0.146. The number of ether oxygens (including phenoxy) is 1. The number of amides is 1. The van der Waals surface area contributed by atoms with Crippen molar-refractivity contribution in [3.63, 3.8) is 0 Å². The zero-order valence-corrected chi connectivity index (χ0v) is 15.8. The number of carbonyl (C=O) groups excluding carboxylic acids is 3. The summed E-state index contributed by atoms with van der Waals surface area (Å²) in [4.78, 5) is 36.8. The van der Waals surface area contributed by atoms with Crippen LogP contribution in [0.15, 0.2) is 54.6 Å². The fourth-order valence-electron chi connectivity index (χ4n) is 3.08. The van der Waals surface area contributed by atoms with Gasteiger partial charge in [0.05, 0.1) is 6.42 Å². The summed E-state index contributed by atoms with van der Waals surface area (Å²) in [5, 5.41) is 2.65. The highest BCUT2D eigenvalue weighted by Gasteiger charge is 2.45. The maximum Gasteiger partial charge on any atom is 0.407 e. The van der Waals surface area contributed by atoms with Gasteiger partial charge in [-0.2, -0.15) is 0 Å². The molecule has 0 saturated heterocycles. The van der Waals surface area contributed by atoms with Gasteiger partial charge in [-0.05, 0) is 32.4 Å². The molecule has 0 aromatic heterocycles. The first-order chi connectivity index (χ1) is 13.2. The van der Waals surface area contributed by atoms with E-state index in [1.54, 1.807) is 44.2 Å². The van der Waals surface area contributed by atoms with Crippen molar-refractivity contribution in [3.05, 3.63) is 71.5 Å². The van der Waals surface area contributed by atoms with Crippen LogP contribution in [0.5, 0.6) is 0 Å². The molecule has 2 aromatic carbocycles. The third-order valence-electron chi connectivity index (χ3n) is 4.59. The smallest absolute Gasteiger partial charge is 0.407 e. The van der Waals surface area contributed by atoms with E-state index in [1.165, 1.54) is 18.2 Å². The molecule has 1 fully saturated rings. The fraction of sp³-hybridized carbons (Fsp3) is 0.318. The Hall–Kier alpha value is -3.02. The van der Waals surface area contributed by atoms with Crippen LogP contribution in [0.4, 0.5) is 9.18 Å². The average molecular weight is 383 g/mol. The van der Waals surface area contributed by atoms with Gasteiger partial charge in [0.25, 0.3) is 0 Å². The van der Waals surface area contributed by atoms with Gasteiger partial charge in [-0.15, -0.1) is 0 Å². The van der Waals surface area contributed by atoms with Crippen molar-refractivity contribution in [1.82, 2.24) is 5.32 Å². The minimum Gasteiger partial charge on any atom is -0.443 e. The van der Waals surface area contributed by atoms with Gasteiger partial charge in [-0.1, -0.05) is 42.5 Å². The number of carbonyl (C=O) groups is 3. The Kier molecular flexibility index (Phi) is 5.58. The molecule has 146 valence electrons. The van der Waals surface area contributed by atoms with E-state index >= 15 is 0 Å². The molecular weight excluding hydrogens is 361 g/mol. The minimum atomic E-state index is -0.992. The number of rotatable bonds is 7. The molecule has 3 rings (SSSR count). The molecule has 2 unspecified atom stereocenters. The van der Waals surface area contributed by atoms with E-state index in [9.17, 15) is 18.8 Å². The van der Waals surface area contributed by atoms with Crippen molar-refractivity contribution < 1.29 is 23.5 Å². The van der Waals surface area contributed by atoms with Crippen LogP contribution in [0, 0.1) is 11.7 Å². The molecule has 0 radical (unpaired) electrons. The number of alkyl carbamates (subject to hydrolysis) is 1. The zero-order valence-electron chi connectivity index (χ0n) is 15.8. The van der Waals surface area contributed by atoms with Gasteiger partial charge in [-0.3, -0.25) is 9.59 Å². The summed E-state index contributed by atoms with van der Waals surface area (Å²) >= 11 is 0. The Morgan fingerprint density at radius 1 is 1.07 bits per heavy atom. The lowest BCUT2D eigenvalue weighted by atomic mass is 9.97. The monoisotopic (exact) mass is 383 g/mol. The van der Waals surface area contributed by atoms with Crippen LogP contribution in [0.3, 0.4) is 0 Å². The van der Waals surface area contributed by atoms with Crippen molar-refractivity contribution in [2.45, 2.75) is 38.3 Å². The van der Waals surface area contributed by atoms with Gasteiger partial charge in [0, 0.05) is 23.1 Å². The van der Waals surface area contributed by atoms with Crippen LogP contribution >= 0.6 is 0 Å². The van der Waals surface area contributed by atoms with Crippen LogP contribution in [-0.2, 0) is 4.74 Å². The molecule has 1 saturated carbocycles. The fourth-order valence-corrected chi connectivity index (χ4v) is 3.08. The summed E-state index contributed by atoms with van der Waals surface area (Å²) in [7, 11) is 0. The van der Waals surface area contributed by atoms with Gasteiger partial charge in [0.1, 0.15) is 11.4 Å².